The van der Waals surface area contributed by atoms with Crippen LogP contribution >= 0.6 is 0 Å². The lowest BCUT2D eigenvalue weighted by Crippen LogP contribution is -2.33. The molecular weight excluding hydrogens is 336 g/mol. The highest BCUT2D eigenvalue weighted by molar-refractivity contribution is 5.91. The molecule has 0 saturated carbocycles. The average Bonchev–Trinajstić information content (AvgIpc) is 3.18. The number of nitrogens with zero attached hydrogens (tertiary/aromatic N) is 5. The largest absolute Gasteiger partial charge is 0.381 e. The number of carbonyl (C=O) groups is 1. The number of hydrogen-bond donors (Lipinski definition) is 1. The third-order valence-electron chi connectivity index (χ3n) is 4.32. The van der Waals surface area contributed by atoms with Gasteiger partial charge >= 0.3 is 0 Å². The molecule has 3 rings (SSSR count). The van der Waals surface area contributed by atoms with Crippen LogP contribution < -0.4 is 10.9 Å². The predicted molar refractivity (Wildman–Crippen MR) is 95.1 cm³/mol. The zero-order chi connectivity index (χ0) is 18.5. The maximum atomic E-state index is 12.4. The Balaban J connectivity index is 1.54. The van der Waals surface area contributed by atoms with Crippen LogP contribution in [0.3, 0.4) is 0 Å². The fourth-order valence-corrected chi connectivity index (χ4v) is 2.73. The first kappa shape index (κ1) is 18.0. The van der Waals surface area contributed by atoms with Crippen LogP contribution in [-0.2, 0) is 11.8 Å². The summed E-state index contributed by atoms with van der Waals surface area (Å²) < 4.78 is 6.54. The first-order chi connectivity index (χ1) is 12.5. The first-order valence-electron chi connectivity index (χ1n) is 8.48. The van der Waals surface area contributed by atoms with Crippen LogP contribution in [0.2, 0.25) is 0 Å². The molecule has 0 bridgehead atoms. The highest BCUT2D eigenvalue weighted by Gasteiger charge is 2.19. The Bertz CT molecular complexity index is 831. The Kier molecular flexibility index (Phi) is 5.57. The summed E-state index contributed by atoms with van der Waals surface area (Å²) in [7, 11) is 3.21. The van der Waals surface area contributed by atoms with Gasteiger partial charge in [0.05, 0.1) is 12.3 Å². The average molecular weight is 358 g/mol. The van der Waals surface area contributed by atoms with Gasteiger partial charge in [-0.1, -0.05) is 0 Å². The van der Waals surface area contributed by atoms with E-state index in [9.17, 15) is 9.59 Å². The number of rotatable bonds is 6. The fraction of sp³-hybridized carbons (Fsp3) is 0.471. The molecule has 1 N–H and O–H groups in total. The van der Waals surface area contributed by atoms with Crippen LogP contribution in [0.5, 0.6) is 0 Å². The van der Waals surface area contributed by atoms with Crippen molar-refractivity contribution in [2.45, 2.75) is 12.3 Å². The number of likely N-dealkylation sites (N-methyl/N-ethyl adjacent to an activating group) is 1. The molecule has 3 heterocycles. The lowest BCUT2D eigenvalue weighted by molar-refractivity contribution is 0.0792. The second-order valence-corrected chi connectivity index (χ2v) is 6.22. The number of aryl methyl sites for hydroxylation is 1. The van der Waals surface area contributed by atoms with Crippen molar-refractivity contribution in [3.8, 4) is 0 Å². The van der Waals surface area contributed by atoms with Gasteiger partial charge in [-0.05, 0) is 12.5 Å². The zero-order valence-electron chi connectivity index (χ0n) is 14.9. The van der Waals surface area contributed by atoms with E-state index in [1.807, 2.05) is 6.07 Å². The molecule has 1 fully saturated rings. The molecule has 9 heteroatoms. The molecule has 1 aliphatic heterocycles. The molecule has 1 unspecified atom stereocenters. The van der Waals surface area contributed by atoms with Gasteiger partial charge < -0.3 is 15.0 Å². The molecule has 1 aliphatic rings. The summed E-state index contributed by atoms with van der Waals surface area (Å²) in [6.07, 6.45) is 2.51. The minimum Gasteiger partial charge on any atom is -0.381 e. The molecule has 138 valence electrons. The summed E-state index contributed by atoms with van der Waals surface area (Å²) in [6.45, 7) is 2.46. The number of aromatic nitrogens is 4. The van der Waals surface area contributed by atoms with Crippen LogP contribution in [0, 0.1) is 0 Å². The van der Waals surface area contributed by atoms with Gasteiger partial charge in [0.25, 0.3) is 11.5 Å². The van der Waals surface area contributed by atoms with Crippen molar-refractivity contribution in [3.05, 3.63) is 46.3 Å². The maximum Gasteiger partial charge on any atom is 0.274 e. The van der Waals surface area contributed by atoms with Crippen molar-refractivity contribution in [3.63, 3.8) is 0 Å². The van der Waals surface area contributed by atoms with Gasteiger partial charge in [0, 0.05) is 51.8 Å². The molecule has 0 radical (unpaired) electrons. The highest BCUT2D eigenvalue weighted by Crippen LogP contribution is 2.24. The molecule has 9 nitrogen and oxygen atoms in total. The van der Waals surface area contributed by atoms with Crippen molar-refractivity contribution in [2.75, 3.05) is 38.7 Å². The Labute approximate surface area is 151 Å². The first-order valence-corrected chi connectivity index (χ1v) is 8.48. The second-order valence-electron chi connectivity index (χ2n) is 6.22. The summed E-state index contributed by atoms with van der Waals surface area (Å²) in [4.78, 5) is 33.8. The lowest BCUT2D eigenvalue weighted by Gasteiger charge is -2.17. The van der Waals surface area contributed by atoms with E-state index in [4.69, 9.17) is 4.74 Å². The molecule has 1 amide bonds. The molecule has 0 spiro atoms. The van der Waals surface area contributed by atoms with Gasteiger partial charge in [-0.15, -0.1) is 0 Å². The number of ether oxygens (including phenoxy) is 1. The van der Waals surface area contributed by atoms with Gasteiger partial charge in [-0.2, -0.15) is 5.10 Å². The molecular formula is C17H22N6O3. The fourth-order valence-electron chi connectivity index (χ4n) is 2.73. The molecule has 1 saturated heterocycles. The standard InChI is InChI=1S/C17H22N6O3/c1-22(17(25)13-3-4-16(24)23(2)21-13)7-6-18-15-9-14(19-11-20-15)12-5-8-26-10-12/h3-4,9,11-12H,5-8,10H2,1-2H3,(H,18,19,20). The Morgan fingerprint density at radius 3 is 3.00 bits per heavy atom. The monoisotopic (exact) mass is 358 g/mol. The Morgan fingerprint density at radius 1 is 1.42 bits per heavy atom. The third kappa shape index (κ3) is 4.23. The number of hydrogen-bond acceptors (Lipinski definition) is 7. The number of carbonyl (C=O) groups excluding carboxylic acids is 1. The van der Waals surface area contributed by atoms with E-state index in [0.29, 0.717) is 25.6 Å². The normalized spacial score (nSPS) is 16.5. The number of amides is 1. The van der Waals surface area contributed by atoms with E-state index in [2.05, 4.69) is 20.4 Å². The Morgan fingerprint density at radius 2 is 2.27 bits per heavy atom. The minimum absolute atomic E-state index is 0.236. The van der Waals surface area contributed by atoms with E-state index >= 15 is 0 Å². The van der Waals surface area contributed by atoms with E-state index in [-0.39, 0.29) is 17.2 Å². The molecule has 26 heavy (non-hydrogen) atoms. The zero-order valence-corrected chi connectivity index (χ0v) is 14.9. The van der Waals surface area contributed by atoms with E-state index in [1.165, 1.54) is 19.2 Å². The minimum atomic E-state index is -0.252. The Hall–Kier alpha value is -2.81. The van der Waals surface area contributed by atoms with Crippen molar-refractivity contribution in [2.24, 2.45) is 7.05 Å². The van der Waals surface area contributed by atoms with Crippen molar-refractivity contribution in [1.29, 1.82) is 0 Å². The van der Waals surface area contributed by atoms with Crippen LogP contribution in [0.4, 0.5) is 5.82 Å². The molecule has 2 aromatic rings. The molecule has 2 aromatic heterocycles. The van der Waals surface area contributed by atoms with Gasteiger partial charge in [-0.3, -0.25) is 9.59 Å². The summed E-state index contributed by atoms with van der Waals surface area (Å²) in [6, 6.07) is 4.70. The van der Waals surface area contributed by atoms with Crippen molar-refractivity contribution >= 4 is 11.7 Å². The van der Waals surface area contributed by atoms with E-state index < -0.39 is 0 Å². The summed E-state index contributed by atoms with van der Waals surface area (Å²) in [5.74, 6) is 0.801. The van der Waals surface area contributed by atoms with Crippen LogP contribution in [-0.4, -0.2) is 63.9 Å². The van der Waals surface area contributed by atoms with Crippen LogP contribution in [0.25, 0.3) is 0 Å². The van der Waals surface area contributed by atoms with Crippen LogP contribution in [0.15, 0.2) is 29.3 Å². The summed E-state index contributed by atoms with van der Waals surface area (Å²) in [5.41, 5.74) is 0.956. The van der Waals surface area contributed by atoms with Gasteiger partial charge in [0.15, 0.2) is 0 Å². The van der Waals surface area contributed by atoms with Gasteiger partial charge in [-0.25, -0.2) is 14.6 Å². The predicted octanol–water partition coefficient (Wildman–Crippen LogP) is 0.258. The van der Waals surface area contributed by atoms with Crippen molar-refractivity contribution in [1.82, 2.24) is 24.6 Å². The number of nitrogens with one attached hydrogen (secondary N) is 1. The topological polar surface area (TPSA) is 102 Å². The lowest BCUT2D eigenvalue weighted by atomic mass is 10.1. The summed E-state index contributed by atoms with van der Waals surface area (Å²) >= 11 is 0. The molecule has 1 atom stereocenters. The van der Waals surface area contributed by atoms with E-state index in [0.717, 1.165) is 29.2 Å². The second kappa shape index (κ2) is 8.05. The number of anilines is 1. The molecule has 0 aromatic carbocycles. The quantitative estimate of drug-likeness (QED) is 0.790. The molecule has 0 aliphatic carbocycles. The van der Waals surface area contributed by atoms with Crippen molar-refractivity contribution < 1.29 is 9.53 Å². The SMILES string of the molecule is CN(CCNc1cc(C2CCOC2)ncn1)C(=O)c1ccc(=O)n(C)n1. The summed E-state index contributed by atoms with van der Waals surface area (Å²) in [5, 5.41) is 7.18. The third-order valence-corrected chi connectivity index (χ3v) is 4.32. The highest BCUT2D eigenvalue weighted by atomic mass is 16.5. The maximum absolute atomic E-state index is 12.4. The van der Waals surface area contributed by atoms with E-state index in [1.54, 1.807) is 18.3 Å². The van der Waals surface area contributed by atoms with Gasteiger partial charge in [0.1, 0.15) is 17.8 Å². The van der Waals surface area contributed by atoms with Crippen LogP contribution in [0.1, 0.15) is 28.5 Å². The smallest absolute Gasteiger partial charge is 0.274 e. The van der Waals surface area contributed by atoms with Gasteiger partial charge in [0.2, 0.25) is 0 Å².